The van der Waals surface area contributed by atoms with E-state index >= 15 is 0 Å². The predicted molar refractivity (Wildman–Crippen MR) is 71.1 cm³/mol. The molecule has 20 heavy (non-hydrogen) atoms. The minimum atomic E-state index is -1.14. The minimum absolute atomic E-state index is 0.0422. The van der Waals surface area contributed by atoms with E-state index in [-0.39, 0.29) is 24.8 Å². The second kappa shape index (κ2) is 5.73. The molecule has 0 aromatic heterocycles. The molecule has 1 fully saturated rings. The summed E-state index contributed by atoms with van der Waals surface area (Å²) in [6.07, 6.45) is -1.14. The van der Waals surface area contributed by atoms with Gasteiger partial charge in [0, 0.05) is 13.5 Å². The smallest absolute Gasteiger partial charge is 0.407 e. The van der Waals surface area contributed by atoms with E-state index in [4.69, 9.17) is 5.11 Å². The number of carboxylic acid groups (broad SMARTS) is 1. The summed E-state index contributed by atoms with van der Waals surface area (Å²) in [6, 6.07) is 8.62. The van der Waals surface area contributed by atoms with Crippen molar-refractivity contribution in [2.24, 2.45) is 0 Å². The van der Waals surface area contributed by atoms with Crippen molar-refractivity contribution in [3.05, 3.63) is 35.9 Å². The molecule has 106 valence electrons. The zero-order valence-electron chi connectivity index (χ0n) is 11.2. The molecule has 0 spiro atoms. The first-order valence-corrected chi connectivity index (χ1v) is 6.30. The summed E-state index contributed by atoms with van der Waals surface area (Å²) in [5.41, 5.74) is 0.907. The summed E-state index contributed by atoms with van der Waals surface area (Å²) in [6.45, 7) is 1.58. The minimum Gasteiger partial charge on any atom is -0.465 e. The van der Waals surface area contributed by atoms with Crippen molar-refractivity contribution < 1.29 is 19.5 Å². The Kier molecular flexibility index (Phi) is 4.02. The SMILES string of the molecule is CC(=O)N(Cc1ccccc1)C1CN(C(=O)O)CC1=O. The van der Waals surface area contributed by atoms with Gasteiger partial charge < -0.3 is 10.0 Å². The number of benzene rings is 1. The van der Waals surface area contributed by atoms with Gasteiger partial charge in [0.2, 0.25) is 5.91 Å². The molecule has 1 heterocycles. The molecule has 1 unspecified atom stereocenters. The normalized spacial score (nSPS) is 18.1. The van der Waals surface area contributed by atoms with Crippen LogP contribution >= 0.6 is 0 Å². The first-order chi connectivity index (χ1) is 9.49. The van der Waals surface area contributed by atoms with E-state index in [0.29, 0.717) is 6.54 Å². The maximum absolute atomic E-state index is 11.9. The van der Waals surface area contributed by atoms with Crippen molar-refractivity contribution >= 4 is 17.8 Å². The molecule has 1 aliphatic rings. The molecule has 1 aromatic rings. The molecular formula is C14H16N2O4. The number of hydrogen-bond donors (Lipinski definition) is 1. The standard InChI is InChI=1S/C14H16N2O4/c1-10(17)16(7-11-5-3-2-4-6-11)12-8-15(14(19)20)9-13(12)18/h2-6,12H,7-9H2,1H3,(H,19,20). The molecule has 1 aliphatic heterocycles. The molecule has 6 nitrogen and oxygen atoms in total. The molecular weight excluding hydrogens is 260 g/mol. The number of carbonyl (C=O) groups is 3. The molecule has 0 saturated carbocycles. The number of likely N-dealkylation sites (tertiary alicyclic amines) is 1. The summed E-state index contributed by atoms with van der Waals surface area (Å²) < 4.78 is 0. The van der Waals surface area contributed by atoms with E-state index in [2.05, 4.69) is 0 Å². The van der Waals surface area contributed by atoms with Crippen molar-refractivity contribution in [1.82, 2.24) is 9.80 Å². The fourth-order valence-corrected chi connectivity index (χ4v) is 2.31. The van der Waals surface area contributed by atoms with E-state index in [9.17, 15) is 14.4 Å². The third-order valence-electron chi connectivity index (χ3n) is 3.36. The van der Waals surface area contributed by atoms with Crippen LogP contribution in [0, 0.1) is 0 Å². The Balaban J connectivity index is 2.15. The van der Waals surface area contributed by atoms with Crippen LogP contribution in [0.4, 0.5) is 4.79 Å². The maximum atomic E-state index is 11.9. The predicted octanol–water partition coefficient (Wildman–Crippen LogP) is 0.966. The van der Waals surface area contributed by atoms with E-state index < -0.39 is 12.1 Å². The van der Waals surface area contributed by atoms with Gasteiger partial charge in [-0.2, -0.15) is 0 Å². The number of hydrogen-bond acceptors (Lipinski definition) is 3. The first kappa shape index (κ1) is 14.0. The van der Waals surface area contributed by atoms with Gasteiger partial charge in [0.15, 0.2) is 5.78 Å². The average Bonchev–Trinajstić information content (AvgIpc) is 2.79. The summed E-state index contributed by atoms with van der Waals surface area (Å²) in [4.78, 5) is 37.1. The van der Waals surface area contributed by atoms with Crippen molar-refractivity contribution in [2.75, 3.05) is 13.1 Å². The number of nitrogens with zero attached hydrogens (tertiary/aromatic N) is 2. The van der Waals surface area contributed by atoms with Gasteiger partial charge >= 0.3 is 6.09 Å². The van der Waals surface area contributed by atoms with Crippen molar-refractivity contribution in [2.45, 2.75) is 19.5 Å². The first-order valence-electron chi connectivity index (χ1n) is 6.30. The number of carbonyl (C=O) groups excluding carboxylic acids is 2. The summed E-state index contributed by atoms with van der Waals surface area (Å²) >= 11 is 0. The number of ketones is 1. The average molecular weight is 276 g/mol. The van der Waals surface area contributed by atoms with Gasteiger partial charge in [-0.3, -0.25) is 14.5 Å². The topological polar surface area (TPSA) is 77.9 Å². The van der Waals surface area contributed by atoms with Crippen LogP contribution in [0.2, 0.25) is 0 Å². The molecule has 1 N–H and O–H groups in total. The third-order valence-corrected chi connectivity index (χ3v) is 3.36. The Morgan fingerprint density at radius 1 is 1.35 bits per heavy atom. The van der Waals surface area contributed by atoms with Gasteiger partial charge in [-0.05, 0) is 5.56 Å². The van der Waals surface area contributed by atoms with Crippen LogP contribution in [0.15, 0.2) is 30.3 Å². The second-order valence-corrected chi connectivity index (χ2v) is 4.78. The highest BCUT2D eigenvalue weighted by atomic mass is 16.4. The van der Waals surface area contributed by atoms with Crippen LogP contribution in [0.5, 0.6) is 0 Å². The lowest BCUT2D eigenvalue weighted by molar-refractivity contribution is -0.136. The van der Waals surface area contributed by atoms with Crippen LogP contribution in [-0.2, 0) is 16.1 Å². The molecule has 0 radical (unpaired) electrons. The lowest BCUT2D eigenvalue weighted by Gasteiger charge is -2.26. The van der Waals surface area contributed by atoms with E-state index in [0.717, 1.165) is 10.5 Å². The maximum Gasteiger partial charge on any atom is 0.407 e. The fraction of sp³-hybridized carbons (Fsp3) is 0.357. The molecule has 0 bridgehead atoms. The highest BCUT2D eigenvalue weighted by molar-refractivity contribution is 5.94. The lowest BCUT2D eigenvalue weighted by Crippen LogP contribution is -2.44. The van der Waals surface area contributed by atoms with Crippen molar-refractivity contribution in [1.29, 1.82) is 0 Å². The highest BCUT2D eigenvalue weighted by Crippen LogP contribution is 2.16. The Labute approximate surface area is 116 Å². The zero-order chi connectivity index (χ0) is 14.7. The summed E-state index contributed by atoms with van der Waals surface area (Å²) in [7, 11) is 0. The third kappa shape index (κ3) is 2.96. The van der Waals surface area contributed by atoms with Crippen molar-refractivity contribution in [3.8, 4) is 0 Å². The molecule has 1 aromatic carbocycles. The summed E-state index contributed by atoms with van der Waals surface area (Å²) in [5, 5.41) is 8.93. The number of Topliss-reactive ketones (excluding diaryl/α,β-unsaturated/α-hetero) is 1. The Bertz CT molecular complexity index is 529. The molecule has 6 heteroatoms. The molecule has 2 amide bonds. The van der Waals surface area contributed by atoms with Gasteiger partial charge in [0.05, 0.1) is 13.1 Å². The van der Waals surface area contributed by atoms with E-state index in [1.807, 2.05) is 30.3 Å². The molecule has 2 rings (SSSR count). The van der Waals surface area contributed by atoms with Crippen LogP contribution < -0.4 is 0 Å². The van der Waals surface area contributed by atoms with E-state index in [1.165, 1.54) is 11.8 Å². The van der Waals surface area contributed by atoms with Crippen LogP contribution in [0.1, 0.15) is 12.5 Å². The number of amides is 2. The highest BCUT2D eigenvalue weighted by Gasteiger charge is 2.38. The second-order valence-electron chi connectivity index (χ2n) is 4.78. The summed E-state index contributed by atoms with van der Waals surface area (Å²) in [5.74, 6) is -0.474. The van der Waals surface area contributed by atoms with Gasteiger partial charge in [-0.1, -0.05) is 30.3 Å². The monoisotopic (exact) mass is 276 g/mol. The molecule has 1 saturated heterocycles. The van der Waals surface area contributed by atoms with Gasteiger partial charge in [0.25, 0.3) is 0 Å². The van der Waals surface area contributed by atoms with Crippen LogP contribution in [-0.4, -0.2) is 51.8 Å². The van der Waals surface area contributed by atoms with Crippen molar-refractivity contribution in [3.63, 3.8) is 0 Å². The van der Waals surface area contributed by atoms with Gasteiger partial charge in [0.1, 0.15) is 6.04 Å². The molecule has 0 aliphatic carbocycles. The van der Waals surface area contributed by atoms with Gasteiger partial charge in [-0.25, -0.2) is 4.79 Å². The Morgan fingerprint density at radius 2 is 2.00 bits per heavy atom. The van der Waals surface area contributed by atoms with E-state index in [1.54, 1.807) is 0 Å². The van der Waals surface area contributed by atoms with Crippen LogP contribution in [0.3, 0.4) is 0 Å². The largest absolute Gasteiger partial charge is 0.465 e. The zero-order valence-corrected chi connectivity index (χ0v) is 11.2. The lowest BCUT2D eigenvalue weighted by atomic mass is 10.1. The quantitative estimate of drug-likeness (QED) is 0.892. The van der Waals surface area contributed by atoms with Crippen LogP contribution in [0.25, 0.3) is 0 Å². The molecule has 1 atom stereocenters. The Morgan fingerprint density at radius 3 is 2.50 bits per heavy atom. The fourth-order valence-electron chi connectivity index (χ4n) is 2.31. The number of rotatable bonds is 3. The van der Waals surface area contributed by atoms with Gasteiger partial charge in [-0.15, -0.1) is 0 Å². The Hall–Kier alpha value is -2.37.